The van der Waals surface area contributed by atoms with Crippen molar-refractivity contribution in [3.05, 3.63) is 41.5 Å². The van der Waals surface area contributed by atoms with E-state index in [0.29, 0.717) is 23.7 Å². The first-order valence-corrected chi connectivity index (χ1v) is 5.75. The fraction of sp³-hybridized carbons (Fsp3) is 0.308. The van der Waals surface area contributed by atoms with E-state index in [1.807, 2.05) is 13.8 Å². The number of aromatic nitrogens is 3. The van der Waals surface area contributed by atoms with Gasteiger partial charge in [-0.15, -0.1) is 0 Å². The third-order valence-corrected chi connectivity index (χ3v) is 2.64. The molecule has 2 aromatic heterocycles. The first kappa shape index (κ1) is 12.3. The van der Waals surface area contributed by atoms with Gasteiger partial charge in [-0.3, -0.25) is 9.48 Å². The van der Waals surface area contributed by atoms with Crippen molar-refractivity contribution < 1.29 is 9.53 Å². The third-order valence-electron chi connectivity index (χ3n) is 2.64. The molecule has 0 spiro atoms. The molecule has 5 heteroatoms. The highest BCUT2D eigenvalue weighted by Crippen LogP contribution is 2.19. The van der Waals surface area contributed by atoms with Gasteiger partial charge in [0.2, 0.25) is 5.78 Å². The van der Waals surface area contributed by atoms with Gasteiger partial charge >= 0.3 is 0 Å². The monoisotopic (exact) mass is 245 g/mol. The van der Waals surface area contributed by atoms with Crippen molar-refractivity contribution in [2.75, 3.05) is 7.11 Å². The van der Waals surface area contributed by atoms with Crippen molar-refractivity contribution in [1.82, 2.24) is 14.8 Å². The molecule has 0 aliphatic carbocycles. The van der Waals surface area contributed by atoms with Gasteiger partial charge in [-0.25, -0.2) is 4.98 Å². The second-order valence-electron chi connectivity index (χ2n) is 3.87. The van der Waals surface area contributed by atoms with Crippen molar-refractivity contribution in [2.45, 2.75) is 20.4 Å². The maximum Gasteiger partial charge on any atom is 0.233 e. The number of hydrogen-bond acceptors (Lipinski definition) is 4. The lowest BCUT2D eigenvalue weighted by Gasteiger charge is -2.07. The number of methoxy groups -OCH3 is 1. The number of carbonyl (C=O) groups is 1. The van der Waals surface area contributed by atoms with Crippen LogP contribution in [0.3, 0.4) is 0 Å². The van der Waals surface area contributed by atoms with Crippen LogP contribution in [0.15, 0.2) is 24.4 Å². The summed E-state index contributed by atoms with van der Waals surface area (Å²) in [5.41, 5.74) is 1.66. The highest BCUT2D eigenvalue weighted by molar-refractivity contribution is 6.08. The Morgan fingerprint density at radius 3 is 2.94 bits per heavy atom. The first-order chi connectivity index (χ1) is 8.67. The van der Waals surface area contributed by atoms with Gasteiger partial charge in [-0.05, 0) is 32.0 Å². The van der Waals surface area contributed by atoms with Gasteiger partial charge in [0.05, 0.1) is 12.8 Å². The molecule has 2 aromatic rings. The average Bonchev–Trinajstić information content (AvgIpc) is 2.79. The molecule has 5 nitrogen and oxygen atoms in total. The Kier molecular flexibility index (Phi) is 3.41. The lowest BCUT2D eigenvalue weighted by Crippen LogP contribution is -2.12. The summed E-state index contributed by atoms with van der Waals surface area (Å²) in [6, 6.07) is 5.22. The molecule has 0 saturated carbocycles. The zero-order chi connectivity index (χ0) is 13.1. The van der Waals surface area contributed by atoms with E-state index < -0.39 is 0 Å². The van der Waals surface area contributed by atoms with E-state index in [4.69, 9.17) is 4.74 Å². The van der Waals surface area contributed by atoms with Crippen LogP contribution < -0.4 is 4.74 Å². The molecule has 0 unspecified atom stereocenters. The van der Waals surface area contributed by atoms with Crippen LogP contribution in [0.2, 0.25) is 0 Å². The molecular weight excluding hydrogens is 230 g/mol. The summed E-state index contributed by atoms with van der Waals surface area (Å²) in [4.78, 5) is 16.5. The van der Waals surface area contributed by atoms with Gasteiger partial charge in [0.25, 0.3) is 0 Å². The second-order valence-corrected chi connectivity index (χ2v) is 3.87. The van der Waals surface area contributed by atoms with E-state index in [1.54, 1.807) is 29.1 Å². The lowest BCUT2D eigenvalue weighted by atomic mass is 10.1. The van der Waals surface area contributed by atoms with Gasteiger partial charge in [0.1, 0.15) is 11.4 Å². The Morgan fingerprint density at radius 2 is 2.28 bits per heavy atom. The summed E-state index contributed by atoms with van der Waals surface area (Å²) in [5, 5.41) is 4.26. The van der Waals surface area contributed by atoms with E-state index in [9.17, 15) is 4.79 Å². The average molecular weight is 245 g/mol. The molecule has 0 aliphatic rings. The minimum Gasteiger partial charge on any atom is -0.494 e. The molecule has 0 bridgehead atoms. The highest BCUT2D eigenvalue weighted by Gasteiger charge is 2.20. The van der Waals surface area contributed by atoms with Crippen LogP contribution in [0, 0.1) is 6.92 Å². The molecule has 0 saturated heterocycles. The van der Waals surface area contributed by atoms with Crippen molar-refractivity contribution >= 4 is 5.78 Å². The van der Waals surface area contributed by atoms with Crippen molar-refractivity contribution in [1.29, 1.82) is 0 Å². The molecule has 2 rings (SSSR count). The van der Waals surface area contributed by atoms with Crippen LogP contribution in [-0.4, -0.2) is 27.7 Å². The normalized spacial score (nSPS) is 10.4. The van der Waals surface area contributed by atoms with Gasteiger partial charge in [-0.2, -0.15) is 5.10 Å². The number of hydrogen-bond donors (Lipinski definition) is 0. The second kappa shape index (κ2) is 5.00. The summed E-state index contributed by atoms with van der Waals surface area (Å²) in [6.07, 6.45) is 1.58. The maximum atomic E-state index is 12.4. The lowest BCUT2D eigenvalue weighted by molar-refractivity contribution is 0.102. The molecule has 0 amide bonds. The van der Waals surface area contributed by atoms with Crippen LogP contribution in [0.1, 0.15) is 28.8 Å². The SMILES string of the molecule is CCn1nc(C)cc1C(=O)c1ncccc1OC. The molecule has 18 heavy (non-hydrogen) atoms. The molecule has 0 aliphatic heterocycles. The number of nitrogens with zero attached hydrogens (tertiary/aromatic N) is 3. The first-order valence-electron chi connectivity index (χ1n) is 5.75. The van der Waals surface area contributed by atoms with E-state index >= 15 is 0 Å². The molecule has 0 aromatic carbocycles. The zero-order valence-electron chi connectivity index (χ0n) is 10.7. The van der Waals surface area contributed by atoms with Crippen LogP contribution in [0.5, 0.6) is 5.75 Å². The predicted octanol–water partition coefficient (Wildman–Crippen LogP) is 1.85. The topological polar surface area (TPSA) is 57.0 Å². The van der Waals surface area contributed by atoms with Gasteiger partial charge < -0.3 is 4.74 Å². The van der Waals surface area contributed by atoms with Gasteiger partial charge in [0, 0.05) is 12.7 Å². The van der Waals surface area contributed by atoms with Crippen molar-refractivity contribution in [3.63, 3.8) is 0 Å². The smallest absolute Gasteiger partial charge is 0.233 e. The number of rotatable bonds is 4. The zero-order valence-corrected chi connectivity index (χ0v) is 10.7. The predicted molar refractivity (Wildman–Crippen MR) is 66.9 cm³/mol. The van der Waals surface area contributed by atoms with E-state index in [1.165, 1.54) is 7.11 Å². The van der Waals surface area contributed by atoms with Crippen LogP contribution in [0.25, 0.3) is 0 Å². The van der Waals surface area contributed by atoms with Crippen LogP contribution >= 0.6 is 0 Å². The number of aryl methyl sites for hydroxylation is 2. The third kappa shape index (κ3) is 2.11. The Hall–Kier alpha value is -2.17. The standard InChI is InChI=1S/C13H15N3O2/c1-4-16-10(8-9(2)15-16)13(17)12-11(18-3)6-5-7-14-12/h5-8H,4H2,1-3H3. The largest absolute Gasteiger partial charge is 0.494 e. The van der Waals surface area contributed by atoms with E-state index in [-0.39, 0.29) is 5.78 Å². The highest BCUT2D eigenvalue weighted by atomic mass is 16.5. The van der Waals surface area contributed by atoms with Crippen molar-refractivity contribution in [3.8, 4) is 5.75 Å². The Bertz CT molecular complexity index is 575. The van der Waals surface area contributed by atoms with E-state index in [2.05, 4.69) is 10.1 Å². The summed E-state index contributed by atoms with van der Waals surface area (Å²) in [5.74, 6) is 0.305. The molecule has 0 atom stereocenters. The molecule has 0 fully saturated rings. The summed E-state index contributed by atoms with van der Waals surface area (Å²) >= 11 is 0. The number of carbonyl (C=O) groups excluding carboxylic acids is 1. The van der Waals surface area contributed by atoms with Gasteiger partial charge in [0.15, 0.2) is 5.69 Å². The molecule has 0 N–H and O–H groups in total. The molecule has 94 valence electrons. The van der Waals surface area contributed by atoms with Crippen molar-refractivity contribution in [2.24, 2.45) is 0 Å². The Morgan fingerprint density at radius 1 is 1.50 bits per heavy atom. The maximum absolute atomic E-state index is 12.4. The number of ether oxygens (including phenoxy) is 1. The fourth-order valence-electron chi connectivity index (χ4n) is 1.82. The fourth-order valence-corrected chi connectivity index (χ4v) is 1.82. The molecular formula is C13H15N3O2. The van der Waals surface area contributed by atoms with Crippen LogP contribution in [0.4, 0.5) is 0 Å². The number of pyridine rings is 1. The number of ketones is 1. The minimum absolute atomic E-state index is 0.171. The summed E-state index contributed by atoms with van der Waals surface area (Å²) in [6.45, 7) is 4.45. The quantitative estimate of drug-likeness (QED) is 0.771. The molecule has 0 radical (unpaired) electrons. The van der Waals surface area contributed by atoms with E-state index in [0.717, 1.165) is 5.69 Å². The molecule has 2 heterocycles. The Labute approximate surface area is 105 Å². The van der Waals surface area contributed by atoms with Gasteiger partial charge in [-0.1, -0.05) is 0 Å². The minimum atomic E-state index is -0.171. The Balaban J connectivity index is 2.47. The summed E-state index contributed by atoms with van der Waals surface area (Å²) < 4.78 is 6.83. The summed E-state index contributed by atoms with van der Waals surface area (Å²) in [7, 11) is 1.52. The van der Waals surface area contributed by atoms with Crippen LogP contribution in [-0.2, 0) is 6.54 Å².